The van der Waals surface area contributed by atoms with E-state index in [1.165, 1.54) is 26.0 Å². The van der Waals surface area contributed by atoms with Gasteiger partial charge in [0, 0.05) is 12.3 Å². The van der Waals surface area contributed by atoms with Gasteiger partial charge in [-0.05, 0) is 39.8 Å². The molecule has 0 radical (unpaired) electrons. The van der Waals surface area contributed by atoms with Crippen molar-refractivity contribution in [3.05, 3.63) is 63.4 Å². The molecule has 0 unspecified atom stereocenters. The summed E-state index contributed by atoms with van der Waals surface area (Å²) < 4.78 is 36.5. The molecule has 0 bridgehead atoms. The topological polar surface area (TPSA) is 178 Å². The highest BCUT2D eigenvalue weighted by molar-refractivity contribution is 7.52. The largest absolute Gasteiger partial charge is 0.462 e. The van der Waals surface area contributed by atoms with Crippen LogP contribution in [-0.2, 0) is 23.4 Å². The van der Waals surface area contributed by atoms with Crippen LogP contribution in [0.2, 0.25) is 0 Å². The number of para-hydroxylation sites is 1. The Hall–Kier alpha value is -3.24. The van der Waals surface area contributed by atoms with Gasteiger partial charge in [-0.25, -0.2) is 9.36 Å². The molecule has 13 nitrogen and oxygen atoms in total. The summed E-state index contributed by atoms with van der Waals surface area (Å²) in [4.78, 5) is 38.2. The Labute approximate surface area is 218 Å². The molecule has 206 valence electrons. The van der Waals surface area contributed by atoms with Gasteiger partial charge in [-0.3, -0.25) is 23.7 Å². The number of aromatic nitrogens is 2. The van der Waals surface area contributed by atoms with Crippen LogP contribution in [-0.4, -0.2) is 62.3 Å². The van der Waals surface area contributed by atoms with Crippen LogP contribution in [0.15, 0.2) is 52.2 Å². The van der Waals surface area contributed by atoms with Gasteiger partial charge in [-0.15, -0.1) is 5.92 Å². The van der Waals surface area contributed by atoms with E-state index in [1.807, 2.05) is 4.98 Å². The fourth-order valence-electron chi connectivity index (χ4n) is 3.64. The number of ether oxygens (including phenoxy) is 2. The number of carbonyl (C=O) groups excluding carboxylic acids is 1. The molecule has 3 rings (SSSR count). The number of H-pyrrole nitrogens is 1. The Morgan fingerprint density at radius 2 is 1.95 bits per heavy atom. The SMILES string of the molecule is CC#C[C@@]1(O)[C@H](O)[C@@H](CO[P@@](=O)(N[C@@H](C)C(=O)OC(C)C)Oc2ccccc2)O[C@H]1n1ccc(=O)[nH]c1=O. The molecule has 1 aromatic carbocycles. The predicted molar refractivity (Wildman–Crippen MR) is 134 cm³/mol. The van der Waals surface area contributed by atoms with E-state index in [0.717, 1.165) is 16.8 Å². The summed E-state index contributed by atoms with van der Waals surface area (Å²) in [6.07, 6.45) is -4.00. The van der Waals surface area contributed by atoms with Crippen molar-refractivity contribution in [2.24, 2.45) is 0 Å². The standard InChI is InChI=1S/C24H30N3O10P/c1-5-12-24(32)20(29)18(36-22(24)27-13-11-19(28)25-23(27)31)14-34-38(33,37-17-9-7-6-8-10-17)26-16(4)21(30)35-15(2)3/h6-11,13,15-16,18,20,22,29,32H,14H2,1-4H3,(H,26,33)(H,25,28,31)/t16-,18+,20+,22+,24+,38-/m0/s1. The minimum absolute atomic E-state index is 0.159. The molecule has 6 atom stereocenters. The van der Waals surface area contributed by atoms with Crippen molar-refractivity contribution in [1.29, 1.82) is 0 Å². The summed E-state index contributed by atoms with van der Waals surface area (Å²) in [7, 11) is -4.31. The Bertz CT molecular complexity index is 1350. The molecule has 2 aromatic rings. The van der Waals surface area contributed by atoms with Crippen LogP contribution in [0.3, 0.4) is 0 Å². The second kappa shape index (κ2) is 12.1. The van der Waals surface area contributed by atoms with Crippen LogP contribution < -0.4 is 20.9 Å². The van der Waals surface area contributed by atoms with Crippen LogP contribution >= 0.6 is 7.75 Å². The number of aliphatic hydroxyl groups excluding tert-OH is 1. The van der Waals surface area contributed by atoms with Crippen LogP contribution in [0.5, 0.6) is 5.75 Å². The van der Waals surface area contributed by atoms with Gasteiger partial charge in [0.15, 0.2) is 11.8 Å². The maximum Gasteiger partial charge on any atom is 0.459 e. The van der Waals surface area contributed by atoms with E-state index in [0.29, 0.717) is 0 Å². The van der Waals surface area contributed by atoms with E-state index in [-0.39, 0.29) is 5.75 Å². The van der Waals surface area contributed by atoms with Gasteiger partial charge >= 0.3 is 19.4 Å². The first-order valence-electron chi connectivity index (χ1n) is 11.7. The maximum absolute atomic E-state index is 13.7. The first-order chi connectivity index (χ1) is 17.9. The zero-order valence-electron chi connectivity index (χ0n) is 21.2. The van der Waals surface area contributed by atoms with Crippen molar-refractivity contribution in [1.82, 2.24) is 14.6 Å². The van der Waals surface area contributed by atoms with Gasteiger partial charge < -0.3 is 24.2 Å². The molecule has 0 saturated carbocycles. The number of esters is 1. The monoisotopic (exact) mass is 551 g/mol. The lowest BCUT2D eigenvalue weighted by molar-refractivity contribution is -0.149. The Morgan fingerprint density at radius 1 is 1.26 bits per heavy atom. The molecule has 1 saturated heterocycles. The van der Waals surface area contributed by atoms with E-state index >= 15 is 0 Å². The second-order valence-electron chi connectivity index (χ2n) is 8.72. The molecule has 1 aliphatic heterocycles. The Kier molecular flexibility index (Phi) is 9.32. The van der Waals surface area contributed by atoms with Crippen LogP contribution in [0.25, 0.3) is 0 Å². The van der Waals surface area contributed by atoms with Crippen molar-refractivity contribution in [2.45, 2.75) is 63.9 Å². The fourth-order valence-corrected chi connectivity index (χ4v) is 5.14. The van der Waals surface area contributed by atoms with Gasteiger partial charge in [0.2, 0.25) is 0 Å². The smallest absolute Gasteiger partial charge is 0.459 e. The van der Waals surface area contributed by atoms with E-state index in [2.05, 4.69) is 16.9 Å². The number of carbonyl (C=O) groups is 1. The number of aliphatic hydroxyl groups is 2. The molecule has 38 heavy (non-hydrogen) atoms. The third-order valence-electron chi connectivity index (χ3n) is 5.35. The van der Waals surface area contributed by atoms with Crippen LogP contribution in [0.1, 0.15) is 33.9 Å². The number of nitrogens with one attached hydrogen (secondary N) is 2. The quantitative estimate of drug-likeness (QED) is 0.185. The summed E-state index contributed by atoms with van der Waals surface area (Å²) >= 11 is 0. The van der Waals surface area contributed by atoms with Crippen molar-refractivity contribution in [2.75, 3.05) is 6.61 Å². The molecule has 0 spiro atoms. The zero-order valence-corrected chi connectivity index (χ0v) is 22.1. The summed E-state index contributed by atoms with van der Waals surface area (Å²) in [5.41, 5.74) is -3.88. The first kappa shape index (κ1) is 29.3. The third-order valence-corrected chi connectivity index (χ3v) is 6.99. The van der Waals surface area contributed by atoms with Crippen LogP contribution in [0, 0.1) is 11.8 Å². The summed E-state index contributed by atoms with van der Waals surface area (Å²) in [6.45, 7) is 5.51. The Morgan fingerprint density at radius 3 is 2.55 bits per heavy atom. The molecule has 14 heteroatoms. The lowest BCUT2D eigenvalue weighted by atomic mass is 9.94. The lowest BCUT2D eigenvalue weighted by Crippen LogP contribution is -2.48. The number of hydrogen-bond acceptors (Lipinski definition) is 10. The third kappa shape index (κ3) is 6.79. The van der Waals surface area contributed by atoms with E-state index in [4.69, 9.17) is 18.5 Å². The highest BCUT2D eigenvalue weighted by atomic mass is 31.2. The number of benzene rings is 1. The summed E-state index contributed by atoms with van der Waals surface area (Å²) in [5.74, 6) is 4.37. The van der Waals surface area contributed by atoms with Gasteiger partial charge in [-0.2, -0.15) is 5.09 Å². The second-order valence-corrected chi connectivity index (χ2v) is 10.4. The molecule has 1 fully saturated rings. The average Bonchev–Trinajstić information content (AvgIpc) is 3.08. The number of nitrogens with zero attached hydrogens (tertiary/aromatic N) is 1. The van der Waals surface area contributed by atoms with Gasteiger partial charge in [0.25, 0.3) is 5.56 Å². The average molecular weight is 551 g/mol. The van der Waals surface area contributed by atoms with E-state index in [9.17, 15) is 29.2 Å². The van der Waals surface area contributed by atoms with Gasteiger partial charge in [0.05, 0.1) is 12.7 Å². The highest BCUT2D eigenvalue weighted by Crippen LogP contribution is 2.46. The molecular weight excluding hydrogens is 521 g/mol. The summed E-state index contributed by atoms with van der Waals surface area (Å²) in [5, 5.41) is 24.6. The first-order valence-corrected chi connectivity index (χ1v) is 13.2. The lowest BCUT2D eigenvalue weighted by Gasteiger charge is -2.26. The fraction of sp³-hybridized carbons (Fsp3) is 0.458. The van der Waals surface area contributed by atoms with E-state index in [1.54, 1.807) is 32.0 Å². The normalized spacial score (nSPS) is 25.2. The van der Waals surface area contributed by atoms with E-state index < -0.39 is 67.8 Å². The Balaban J connectivity index is 1.86. The highest BCUT2D eigenvalue weighted by Gasteiger charge is 2.56. The van der Waals surface area contributed by atoms with Crippen LogP contribution in [0.4, 0.5) is 0 Å². The zero-order chi connectivity index (χ0) is 28.1. The molecule has 0 amide bonds. The van der Waals surface area contributed by atoms with Crippen molar-refractivity contribution in [3.63, 3.8) is 0 Å². The van der Waals surface area contributed by atoms with Gasteiger partial charge in [-0.1, -0.05) is 24.1 Å². The number of rotatable bonds is 10. The van der Waals surface area contributed by atoms with Crippen molar-refractivity contribution < 1.29 is 38.1 Å². The summed E-state index contributed by atoms with van der Waals surface area (Å²) in [6, 6.07) is 7.94. The predicted octanol–water partition coefficient (Wildman–Crippen LogP) is 0.683. The number of aromatic amines is 1. The van der Waals surface area contributed by atoms with Crippen molar-refractivity contribution in [3.8, 4) is 17.6 Å². The minimum Gasteiger partial charge on any atom is -0.462 e. The van der Waals surface area contributed by atoms with Gasteiger partial charge in [0.1, 0.15) is 24.0 Å². The maximum atomic E-state index is 13.7. The molecular formula is C24H30N3O10P. The molecule has 4 N–H and O–H groups in total. The number of hydrogen-bond donors (Lipinski definition) is 4. The molecule has 1 aliphatic rings. The minimum atomic E-state index is -4.31. The van der Waals surface area contributed by atoms with Crippen molar-refractivity contribution >= 4 is 13.7 Å². The molecule has 2 heterocycles. The molecule has 1 aromatic heterocycles. The molecule has 0 aliphatic carbocycles.